The zero-order valence-electron chi connectivity index (χ0n) is 12.1. The molecule has 0 bridgehead atoms. The number of carbonyl (C=O) groups is 1. The average molecular weight is 279 g/mol. The summed E-state index contributed by atoms with van der Waals surface area (Å²) < 4.78 is 15.4. The summed E-state index contributed by atoms with van der Waals surface area (Å²) >= 11 is 0. The number of esters is 1. The van der Waals surface area contributed by atoms with Crippen LogP contribution in [-0.2, 0) is 9.53 Å². The molecule has 0 amide bonds. The SMILES string of the molecule is COC(=O)C(NCC1CC1)c1ccc(OC)c(OC)c1. The Morgan fingerprint density at radius 3 is 2.50 bits per heavy atom. The van der Waals surface area contributed by atoms with Gasteiger partial charge in [0, 0.05) is 0 Å². The number of methoxy groups -OCH3 is 3. The van der Waals surface area contributed by atoms with Gasteiger partial charge in [-0.15, -0.1) is 0 Å². The summed E-state index contributed by atoms with van der Waals surface area (Å²) in [6.45, 7) is 0.827. The Hall–Kier alpha value is -1.75. The fourth-order valence-electron chi connectivity index (χ4n) is 2.09. The Morgan fingerprint density at radius 2 is 1.95 bits per heavy atom. The molecule has 5 nitrogen and oxygen atoms in total. The predicted molar refractivity (Wildman–Crippen MR) is 75.0 cm³/mol. The molecule has 1 atom stereocenters. The second-order valence-electron chi connectivity index (χ2n) is 4.92. The van der Waals surface area contributed by atoms with Crippen LogP contribution in [0.1, 0.15) is 24.4 Å². The first-order valence-corrected chi connectivity index (χ1v) is 6.72. The van der Waals surface area contributed by atoms with Gasteiger partial charge < -0.3 is 19.5 Å². The van der Waals surface area contributed by atoms with E-state index in [4.69, 9.17) is 14.2 Å². The van der Waals surface area contributed by atoms with Crippen molar-refractivity contribution in [1.82, 2.24) is 5.32 Å². The summed E-state index contributed by atoms with van der Waals surface area (Å²) in [5, 5.41) is 3.27. The van der Waals surface area contributed by atoms with Crippen molar-refractivity contribution in [3.63, 3.8) is 0 Å². The lowest BCUT2D eigenvalue weighted by atomic mass is 10.1. The molecule has 1 aromatic carbocycles. The fourth-order valence-corrected chi connectivity index (χ4v) is 2.09. The van der Waals surface area contributed by atoms with Gasteiger partial charge in [0.15, 0.2) is 11.5 Å². The van der Waals surface area contributed by atoms with E-state index in [2.05, 4.69) is 5.32 Å². The lowest BCUT2D eigenvalue weighted by Gasteiger charge is -2.18. The van der Waals surface area contributed by atoms with Gasteiger partial charge >= 0.3 is 5.97 Å². The third-order valence-corrected chi connectivity index (χ3v) is 3.49. The quantitative estimate of drug-likeness (QED) is 0.773. The van der Waals surface area contributed by atoms with Gasteiger partial charge in [0.2, 0.25) is 0 Å². The topological polar surface area (TPSA) is 56.8 Å². The number of ether oxygens (including phenoxy) is 3. The molecule has 1 fully saturated rings. The maximum absolute atomic E-state index is 11.9. The molecule has 20 heavy (non-hydrogen) atoms. The molecule has 0 spiro atoms. The third-order valence-electron chi connectivity index (χ3n) is 3.49. The summed E-state index contributed by atoms with van der Waals surface area (Å²) in [6.07, 6.45) is 2.46. The van der Waals surface area contributed by atoms with Crippen LogP contribution < -0.4 is 14.8 Å². The molecule has 110 valence electrons. The van der Waals surface area contributed by atoms with E-state index in [1.165, 1.54) is 20.0 Å². The van der Waals surface area contributed by atoms with Crippen LogP contribution in [0.25, 0.3) is 0 Å². The van der Waals surface area contributed by atoms with Crippen LogP contribution >= 0.6 is 0 Å². The highest BCUT2D eigenvalue weighted by atomic mass is 16.5. The smallest absolute Gasteiger partial charge is 0.327 e. The van der Waals surface area contributed by atoms with E-state index in [-0.39, 0.29) is 5.97 Å². The largest absolute Gasteiger partial charge is 0.493 e. The van der Waals surface area contributed by atoms with Crippen LogP contribution in [0, 0.1) is 5.92 Å². The van der Waals surface area contributed by atoms with Crippen LogP contribution in [0.5, 0.6) is 11.5 Å². The maximum atomic E-state index is 11.9. The molecule has 1 aliphatic carbocycles. The summed E-state index contributed by atoms with van der Waals surface area (Å²) in [6, 6.07) is 4.98. The second-order valence-corrected chi connectivity index (χ2v) is 4.92. The van der Waals surface area contributed by atoms with E-state index in [0.29, 0.717) is 17.4 Å². The van der Waals surface area contributed by atoms with Crippen molar-refractivity contribution in [1.29, 1.82) is 0 Å². The van der Waals surface area contributed by atoms with Gasteiger partial charge in [0.05, 0.1) is 21.3 Å². The van der Waals surface area contributed by atoms with Crippen molar-refractivity contribution in [2.45, 2.75) is 18.9 Å². The standard InChI is InChI=1S/C15H21NO4/c1-18-12-7-6-11(8-13(12)19-2)14(15(17)20-3)16-9-10-4-5-10/h6-8,10,14,16H,4-5,9H2,1-3H3. The Labute approximate surface area is 119 Å². The van der Waals surface area contributed by atoms with Crippen LogP contribution in [-0.4, -0.2) is 33.8 Å². The normalized spacial score (nSPS) is 15.6. The molecule has 0 saturated heterocycles. The van der Waals surface area contributed by atoms with Gasteiger partial charge in [-0.3, -0.25) is 0 Å². The van der Waals surface area contributed by atoms with E-state index < -0.39 is 6.04 Å². The summed E-state index contributed by atoms with van der Waals surface area (Å²) in [4.78, 5) is 11.9. The minimum Gasteiger partial charge on any atom is -0.493 e. The van der Waals surface area contributed by atoms with Crippen LogP contribution in [0.4, 0.5) is 0 Å². The number of carbonyl (C=O) groups excluding carboxylic acids is 1. The van der Waals surface area contributed by atoms with Crippen LogP contribution in [0.15, 0.2) is 18.2 Å². The lowest BCUT2D eigenvalue weighted by molar-refractivity contribution is -0.143. The first-order chi connectivity index (χ1) is 9.69. The minimum absolute atomic E-state index is 0.294. The summed E-state index contributed by atoms with van der Waals surface area (Å²) in [5.41, 5.74) is 0.815. The minimum atomic E-state index is -0.472. The van der Waals surface area contributed by atoms with E-state index in [9.17, 15) is 4.79 Å². The monoisotopic (exact) mass is 279 g/mol. The zero-order valence-corrected chi connectivity index (χ0v) is 12.1. The van der Waals surface area contributed by atoms with E-state index in [1.807, 2.05) is 6.07 Å². The van der Waals surface area contributed by atoms with Crippen molar-refractivity contribution < 1.29 is 19.0 Å². The lowest BCUT2D eigenvalue weighted by Crippen LogP contribution is -2.31. The van der Waals surface area contributed by atoms with E-state index >= 15 is 0 Å². The number of hydrogen-bond donors (Lipinski definition) is 1. The number of nitrogens with one attached hydrogen (secondary N) is 1. The Bertz CT molecular complexity index is 471. The predicted octanol–water partition coefficient (Wildman–Crippen LogP) is 1.92. The van der Waals surface area contributed by atoms with Crippen molar-refractivity contribution in [2.75, 3.05) is 27.9 Å². The molecule has 1 aliphatic rings. The van der Waals surface area contributed by atoms with Crippen molar-refractivity contribution in [3.8, 4) is 11.5 Å². The summed E-state index contributed by atoms with van der Waals surface area (Å²) in [5.74, 6) is 1.63. The number of benzene rings is 1. The van der Waals surface area contributed by atoms with Crippen LogP contribution in [0.3, 0.4) is 0 Å². The molecule has 2 rings (SSSR count). The van der Waals surface area contributed by atoms with Crippen molar-refractivity contribution in [3.05, 3.63) is 23.8 Å². The number of rotatable bonds is 7. The highest BCUT2D eigenvalue weighted by molar-refractivity contribution is 5.78. The van der Waals surface area contributed by atoms with Gasteiger partial charge in [-0.25, -0.2) is 4.79 Å². The van der Waals surface area contributed by atoms with Gasteiger partial charge in [0.25, 0.3) is 0 Å². The molecular weight excluding hydrogens is 258 g/mol. The molecule has 5 heteroatoms. The second kappa shape index (κ2) is 6.61. The first kappa shape index (κ1) is 14.7. The van der Waals surface area contributed by atoms with Gasteiger partial charge in [-0.1, -0.05) is 6.07 Å². The number of hydrogen-bond acceptors (Lipinski definition) is 5. The molecule has 0 radical (unpaired) electrons. The Kier molecular flexibility index (Phi) is 4.84. The Morgan fingerprint density at radius 1 is 1.25 bits per heavy atom. The molecule has 1 N–H and O–H groups in total. The maximum Gasteiger partial charge on any atom is 0.327 e. The zero-order chi connectivity index (χ0) is 14.5. The highest BCUT2D eigenvalue weighted by Gasteiger charge is 2.27. The highest BCUT2D eigenvalue weighted by Crippen LogP contribution is 2.32. The fraction of sp³-hybridized carbons (Fsp3) is 0.533. The molecule has 1 unspecified atom stereocenters. The average Bonchev–Trinajstić information content (AvgIpc) is 3.31. The van der Waals surface area contributed by atoms with Gasteiger partial charge in [-0.2, -0.15) is 0 Å². The van der Waals surface area contributed by atoms with Gasteiger partial charge in [0.1, 0.15) is 6.04 Å². The molecule has 1 saturated carbocycles. The first-order valence-electron chi connectivity index (χ1n) is 6.72. The van der Waals surface area contributed by atoms with Crippen molar-refractivity contribution >= 4 is 5.97 Å². The van der Waals surface area contributed by atoms with Crippen LogP contribution in [0.2, 0.25) is 0 Å². The van der Waals surface area contributed by atoms with Gasteiger partial charge in [-0.05, 0) is 43.0 Å². The molecule has 0 aromatic heterocycles. The molecule has 1 aromatic rings. The molecule has 0 heterocycles. The van der Waals surface area contributed by atoms with E-state index in [0.717, 1.165) is 12.1 Å². The van der Waals surface area contributed by atoms with Crippen molar-refractivity contribution in [2.24, 2.45) is 5.92 Å². The molecule has 0 aliphatic heterocycles. The molecular formula is C15H21NO4. The van der Waals surface area contributed by atoms with E-state index in [1.54, 1.807) is 26.4 Å². The Balaban J connectivity index is 2.19. The third kappa shape index (κ3) is 3.42. The summed E-state index contributed by atoms with van der Waals surface area (Å²) in [7, 11) is 4.56.